The van der Waals surface area contributed by atoms with Gasteiger partial charge in [-0.25, -0.2) is 0 Å². The Balaban J connectivity index is 1.61. The average molecular weight is 232 g/mol. The molecule has 5 aliphatic rings. The molecule has 4 saturated carbocycles. The lowest BCUT2D eigenvalue weighted by Gasteiger charge is -2.57. The highest BCUT2D eigenvalue weighted by atomic mass is 15.2. The zero-order chi connectivity index (χ0) is 11.5. The zero-order valence-corrected chi connectivity index (χ0v) is 10.8. The summed E-state index contributed by atoms with van der Waals surface area (Å²) in [6, 6.07) is 0. The minimum Gasteiger partial charge on any atom is -0.360 e. The standard InChI is InChI=1S/C15H24N2/c16-14(17-3-1-2-4-17)15-8-11-5-12(9-15)7-13(6-11)10-15/h11-13,16H,1-10H2. The molecule has 0 aromatic heterocycles. The van der Waals surface area contributed by atoms with Crippen LogP contribution in [-0.2, 0) is 0 Å². The maximum atomic E-state index is 8.69. The van der Waals surface area contributed by atoms with Crippen LogP contribution in [0.25, 0.3) is 0 Å². The number of rotatable bonds is 1. The Hall–Kier alpha value is -0.530. The SMILES string of the molecule is N=C(N1CCCC1)C12CC3CC(CC(C3)C1)C2. The molecule has 0 spiro atoms. The largest absolute Gasteiger partial charge is 0.360 e. The number of nitrogens with zero attached hydrogens (tertiary/aromatic N) is 1. The van der Waals surface area contributed by atoms with Gasteiger partial charge in [-0.1, -0.05) is 0 Å². The molecule has 4 aliphatic carbocycles. The summed E-state index contributed by atoms with van der Waals surface area (Å²) < 4.78 is 0. The van der Waals surface area contributed by atoms with Crippen molar-refractivity contribution in [2.75, 3.05) is 13.1 Å². The number of likely N-dealkylation sites (tertiary alicyclic amines) is 1. The summed E-state index contributed by atoms with van der Waals surface area (Å²) in [5, 5.41) is 8.69. The second kappa shape index (κ2) is 3.49. The monoisotopic (exact) mass is 232 g/mol. The summed E-state index contributed by atoms with van der Waals surface area (Å²) in [7, 11) is 0. The molecule has 5 rings (SSSR count). The van der Waals surface area contributed by atoms with E-state index in [2.05, 4.69) is 4.90 Å². The Labute approximate surface area is 104 Å². The Morgan fingerprint density at radius 3 is 1.82 bits per heavy atom. The predicted octanol–water partition coefficient (Wildman–Crippen LogP) is 3.28. The Bertz CT molecular complexity index is 306. The smallest absolute Gasteiger partial charge is 0.102 e. The van der Waals surface area contributed by atoms with Gasteiger partial charge in [0.1, 0.15) is 5.84 Å². The van der Waals surface area contributed by atoms with Gasteiger partial charge in [0, 0.05) is 18.5 Å². The van der Waals surface area contributed by atoms with Gasteiger partial charge in [-0.15, -0.1) is 0 Å². The topological polar surface area (TPSA) is 27.1 Å². The van der Waals surface area contributed by atoms with Crippen LogP contribution in [0.3, 0.4) is 0 Å². The van der Waals surface area contributed by atoms with Crippen molar-refractivity contribution in [1.82, 2.24) is 4.90 Å². The Morgan fingerprint density at radius 1 is 0.882 bits per heavy atom. The third-order valence-corrected chi connectivity index (χ3v) is 5.96. The van der Waals surface area contributed by atoms with Crippen molar-refractivity contribution in [3.05, 3.63) is 0 Å². The molecule has 0 aromatic carbocycles. The van der Waals surface area contributed by atoms with Crippen LogP contribution in [0.5, 0.6) is 0 Å². The van der Waals surface area contributed by atoms with Crippen molar-refractivity contribution < 1.29 is 0 Å². The van der Waals surface area contributed by atoms with E-state index in [0.29, 0.717) is 5.41 Å². The van der Waals surface area contributed by atoms with E-state index in [1.165, 1.54) is 64.5 Å². The maximum Gasteiger partial charge on any atom is 0.102 e. The molecule has 1 N–H and O–H groups in total. The predicted molar refractivity (Wildman–Crippen MR) is 69.1 cm³/mol. The quantitative estimate of drug-likeness (QED) is 0.545. The van der Waals surface area contributed by atoms with Gasteiger partial charge >= 0.3 is 0 Å². The van der Waals surface area contributed by atoms with Gasteiger partial charge in [-0.2, -0.15) is 0 Å². The average Bonchev–Trinajstić information content (AvgIpc) is 2.79. The normalized spacial score (nSPS) is 47.8. The lowest BCUT2D eigenvalue weighted by atomic mass is 9.49. The van der Waals surface area contributed by atoms with Gasteiger partial charge in [-0.05, 0) is 69.1 Å². The number of nitrogens with one attached hydrogen (secondary N) is 1. The van der Waals surface area contributed by atoms with Crippen LogP contribution >= 0.6 is 0 Å². The first-order valence-electron chi connectivity index (χ1n) is 7.59. The van der Waals surface area contributed by atoms with Crippen LogP contribution in [0.1, 0.15) is 51.4 Å². The fourth-order valence-electron chi connectivity index (χ4n) is 5.68. The molecule has 0 amide bonds. The fourth-order valence-corrected chi connectivity index (χ4v) is 5.68. The van der Waals surface area contributed by atoms with Crippen molar-refractivity contribution in [2.24, 2.45) is 23.2 Å². The number of hydrogen-bond donors (Lipinski definition) is 1. The van der Waals surface area contributed by atoms with Crippen LogP contribution < -0.4 is 0 Å². The second-order valence-electron chi connectivity index (χ2n) is 7.24. The molecule has 0 radical (unpaired) electrons. The van der Waals surface area contributed by atoms with Crippen molar-refractivity contribution in [2.45, 2.75) is 51.4 Å². The van der Waals surface area contributed by atoms with Gasteiger partial charge in [-0.3, -0.25) is 5.41 Å². The minimum atomic E-state index is 0.332. The van der Waals surface area contributed by atoms with Crippen LogP contribution in [0, 0.1) is 28.6 Å². The fraction of sp³-hybridized carbons (Fsp3) is 0.933. The molecule has 94 valence electrons. The van der Waals surface area contributed by atoms with E-state index in [-0.39, 0.29) is 0 Å². The van der Waals surface area contributed by atoms with Gasteiger partial charge in [0.2, 0.25) is 0 Å². The summed E-state index contributed by atoms with van der Waals surface area (Å²) >= 11 is 0. The molecule has 1 aliphatic heterocycles. The van der Waals surface area contributed by atoms with Crippen LogP contribution in [0.4, 0.5) is 0 Å². The third kappa shape index (κ3) is 1.49. The molecule has 0 atom stereocenters. The van der Waals surface area contributed by atoms with Gasteiger partial charge in [0.15, 0.2) is 0 Å². The summed E-state index contributed by atoms with van der Waals surface area (Å²) in [4.78, 5) is 2.41. The first-order valence-corrected chi connectivity index (χ1v) is 7.59. The third-order valence-electron chi connectivity index (χ3n) is 5.96. The first-order chi connectivity index (χ1) is 8.25. The Morgan fingerprint density at radius 2 is 1.35 bits per heavy atom. The number of amidine groups is 1. The van der Waals surface area contributed by atoms with Crippen molar-refractivity contribution in [3.63, 3.8) is 0 Å². The molecule has 0 unspecified atom stereocenters. The second-order valence-corrected chi connectivity index (χ2v) is 7.24. The lowest BCUT2D eigenvalue weighted by molar-refractivity contribution is -0.0183. The molecule has 0 aromatic rings. The molecule has 17 heavy (non-hydrogen) atoms. The van der Waals surface area contributed by atoms with Crippen LogP contribution in [0.2, 0.25) is 0 Å². The van der Waals surface area contributed by atoms with Crippen molar-refractivity contribution in [1.29, 1.82) is 5.41 Å². The molecule has 2 heteroatoms. The molecule has 2 nitrogen and oxygen atoms in total. The molecule has 4 bridgehead atoms. The van der Waals surface area contributed by atoms with Gasteiger partial charge in [0.05, 0.1) is 0 Å². The molecule has 5 fully saturated rings. The van der Waals surface area contributed by atoms with Crippen molar-refractivity contribution in [3.8, 4) is 0 Å². The maximum absolute atomic E-state index is 8.69. The van der Waals surface area contributed by atoms with Gasteiger partial charge < -0.3 is 4.90 Å². The van der Waals surface area contributed by atoms with E-state index in [0.717, 1.165) is 23.6 Å². The first kappa shape index (κ1) is 10.4. The minimum absolute atomic E-state index is 0.332. The van der Waals surface area contributed by atoms with E-state index < -0.39 is 0 Å². The summed E-state index contributed by atoms with van der Waals surface area (Å²) in [6.45, 7) is 2.33. The molecule has 1 heterocycles. The summed E-state index contributed by atoms with van der Waals surface area (Å²) in [6.07, 6.45) is 11.2. The van der Waals surface area contributed by atoms with E-state index in [9.17, 15) is 0 Å². The zero-order valence-electron chi connectivity index (χ0n) is 10.8. The van der Waals surface area contributed by atoms with E-state index in [4.69, 9.17) is 5.41 Å². The van der Waals surface area contributed by atoms with Crippen LogP contribution in [0.15, 0.2) is 0 Å². The Kier molecular flexibility index (Phi) is 2.13. The highest BCUT2D eigenvalue weighted by molar-refractivity contribution is 5.86. The van der Waals surface area contributed by atoms with E-state index in [1.54, 1.807) is 0 Å². The number of hydrogen-bond acceptors (Lipinski definition) is 1. The van der Waals surface area contributed by atoms with Gasteiger partial charge in [0.25, 0.3) is 0 Å². The van der Waals surface area contributed by atoms with E-state index >= 15 is 0 Å². The lowest BCUT2D eigenvalue weighted by Crippen LogP contribution is -2.53. The molecular formula is C15H24N2. The summed E-state index contributed by atoms with van der Waals surface area (Å²) in [5.41, 5.74) is 0.332. The molecular weight excluding hydrogens is 208 g/mol. The van der Waals surface area contributed by atoms with Crippen molar-refractivity contribution >= 4 is 5.84 Å². The highest BCUT2D eigenvalue weighted by Gasteiger charge is 2.54. The highest BCUT2D eigenvalue weighted by Crippen LogP contribution is 2.60. The summed E-state index contributed by atoms with van der Waals surface area (Å²) in [5.74, 6) is 3.98. The van der Waals surface area contributed by atoms with Crippen LogP contribution in [-0.4, -0.2) is 23.8 Å². The van der Waals surface area contributed by atoms with E-state index in [1.807, 2.05) is 0 Å². The molecule has 1 saturated heterocycles.